The zero-order valence-electron chi connectivity index (χ0n) is 14.3. The average Bonchev–Trinajstić information content (AvgIpc) is 2.92. The zero-order chi connectivity index (χ0) is 19.4. The van der Waals surface area contributed by atoms with Gasteiger partial charge in [0.1, 0.15) is 16.8 Å². The smallest absolute Gasteiger partial charge is 0.244 e. The van der Waals surface area contributed by atoms with E-state index >= 15 is 0 Å². The Balaban J connectivity index is 1.69. The van der Waals surface area contributed by atoms with Crippen LogP contribution in [0.2, 0.25) is 5.15 Å². The fourth-order valence-electron chi connectivity index (χ4n) is 2.41. The Morgan fingerprint density at radius 1 is 1.15 bits per heavy atom. The second-order valence-corrected chi connectivity index (χ2v) is 6.13. The van der Waals surface area contributed by atoms with E-state index in [1.165, 1.54) is 47.3 Å². The Hall–Kier alpha value is -3.06. The molecule has 27 heavy (non-hydrogen) atoms. The third-order valence-electron chi connectivity index (χ3n) is 3.78. The topological polar surface area (TPSA) is 59.3 Å². The van der Waals surface area contributed by atoms with Crippen LogP contribution < -0.4 is 5.43 Å². The van der Waals surface area contributed by atoms with Crippen LogP contribution >= 0.6 is 11.6 Å². The SMILES string of the molecule is Cc1nn(-c2ccc(F)cc2)c(Cl)c1/C=N\NC(=O)Cc1ccc(F)cc1. The number of hydrogen-bond donors (Lipinski definition) is 1. The van der Waals surface area contributed by atoms with Crippen molar-refractivity contribution in [3.8, 4) is 5.69 Å². The van der Waals surface area contributed by atoms with Crippen molar-refractivity contribution in [1.29, 1.82) is 0 Å². The first-order valence-corrected chi connectivity index (χ1v) is 8.39. The monoisotopic (exact) mass is 388 g/mol. The Bertz CT molecular complexity index is 982. The molecule has 0 aliphatic rings. The van der Waals surface area contributed by atoms with Crippen molar-refractivity contribution in [2.24, 2.45) is 5.10 Å². The van der Waals surface area contributed by atoms with Crippen molar-refractivity contribution in [3.63, 3.8) is 0 Å². The molecule has 0 unspecified atom stereocenters. The number of aromatic nitrogens is 2. The van der Waals surface area contributed by atoms with Gasteiger partial charge in [-0.3, -0.25) is 4.79 Å². The highest BCUT2D eigenvalue weighted by molar-refractivity contribution is 6.32. The highest BCUT2D eigenvalue weighted by atomic mass is 35.5. The Morgan fingerprint density at radius 2 is 1.74 bits per heavy atom. The lowest BCUT2D eigenvalue weighted by Crippen LogP contribution is -2.19. The number of carbonyl (C=O) groups is 1. The maximum absolute atomic E-state index is 13.1. The van der Waals surface area contributed by atoms with Gasteiger partial charge in [-0.25, -0.2) is 18.9 Å². The molecule has 0 aliphatic carbocycles. The van der Waals surface area contributed by atoms with Crippen molar-refractivity contribution in [1.82, 2.24) is 15.2 Å². The minimum Gasteiger partial charge on any atom is -0.273 e. The van der Waals surface area contributed by atoms with E-state index in [-0.39, 0.29) is 29.1 Å². The number of nitrogens with one attached hydrogen (secondary N) is 1. The van der Waals surface area contributed by atoms with Crippen LogP contribution in [0.5, 0.6) is 0 Å². The van der Waals surface area contributed by atoms with Gasteiger partial charge in [0.15, 0.2) is 0 Å². The molecule has 1 amide bonds. The number of carbonyl (C=O) groups excluding carboxylic acids is 1. The van der Waals surface area contributed by atoms with Gasteiger partial charge in [0, 0.05) is 0 Å². The highest BCUT2D eigenvalue weighted by Crippen LogP contribution is 2.22. The number of benzene rings is 2. The summed E-state index contributed by atoms with van der Waals surface area (Å²) >= 11 is 6.33. The van der Waals surface area contributed by atoms with Crippen LogP contribution in [0.15, 0.2) is 53.6 Å². The fraction of sp³-hybridized carbons (Fsp3) is 0.105. The molecule has 0 radical (unpaired) electrons. The van der Waals surface area contributed by atoms with Crippen molar-refractivity contribution in [2.45, 2.75) is 13.3 Å². The molecule has 0 bridgehead atoms. The first kappa shape index (κ1) is 18.7. The predicted octanol–water partition coefficient (Wildman–Crippen LogP) is 3.81. The summed E-state index contributed by atoms with van der Waals surface area (Å²) in [7, 11) is 0. The highest BCUT2D eigenvalue weighted by Gasteiger charge is 2.13. The average molecular weight is 389 g/mol. The van der Waals surface area contributed by atoms with Gasteiger partial charge < -0.3 is 0 Å². The van der Waals surface area contributed by atoms with Crippen molar-refractivity contribution in [2.75, 3.05) is 0 Å². The maximum atomic E-state index is 13.1. The lowest BCUT2D eigenvalue weighted by molar-refractivity contribution is -0.120. The van der Waals surface area contributed by atoms with Gasteiger partial charge in [0.05, 0.1) is 29.6 Å². The van der Waals surface area contributed by atoms with Crippen molar-refractivity contribution < 1.29 is 13.6 Å². The molecule has 1 N–H and O–H groups in total. The van der Waals surface area contributed by atoms with Gasteiger partial charge in [-0.15, -0.1) is 0 Å². The quantitative estimate of drug-likeness (QED) is 0.533. The predicted molar refractivity (Wildman–Crippen MR) is 99.1 cm³/mol. The molecule has 5 nitrogen and oxygen atoms in total. The van der Waals surface area contributed by atoms with E-state index in [0.717, 1.165) is 0 Å². The molecule has 0 saturated heterocycles. The molecule has 8 heteroatoms. The summed E-state index contributed by atoms with van der Waals surface area (Å²) in [6.45, 7) is 1.74. The van der Waals surface area contributed by atoms with Gasteiger partial charge >= 0.3 is 0 Å². The molecule has 0 saturated carbocycles. The van der Waals surface area contributed by atoms with Gasteiger partial charge in [-0.05, 0) is 48.9 Å². The molecular weight excluding hydrogens is 374 g/mol. The first-order valence-electron chi connectivity index (χ1n) is 8.01. The summed E-state index contributed by atoms with van der Waals surface area (Å²) in [4.78, 5) is 11.9. The van der Waals surface area contributed by atoms with Crippen LogP contribution in [0.4, 0.5) is 8.78 Å². The minimum atomic E-state index is -0.361. The van der Waals surface area contributed by atoms with Gasteiger partial charge in [-0.2, -0.15) is 10.2 Å². The number of rotatable bonds is 5. The van der Waals surface area contributed by atoms with E-state index in [1.807, 2.05) is 0 Å². The van der Waals surface area contributed by atoms with E-state index in [9.17, 15) is 13.6 Å². The normalized spacial score (nSPS) is 11.1. The molecule has 1 heterocycles. The zero-order valence-corrected chi connectivity index (χ0v) is 15.0. The Morgan fingerprint density at radius 3 is 2.37 bits per heavy atom. The van der Waals surface area contributed by atoms with E-state index < -0.39 is 0 Å². The molecule has 138 valence electrons. The Kier molecular flexibility index (Phi) is 5.61. The summed E-state index contributed by atoms with van der Waals surface area (Å²) in [5.41, 5.74) is 4.80. The first-order chi connectivity index (χ1) is 12.9. The summed E-state index contributed by atoms with van der Waals surface area (Å²) in [5.74, 6) is -1.07. The molecule has 1 aromatic heterocycles. The van der Waals surface area contributed by atoms with Crippen LogP contribution in [0.1, 0.15) is 16.8 Å². The van der Waals surface area contributed by atoms with Crippen LogP contribution in [-0.2, 0) is 11.2 Å². The molecule has 0 atom stereocenters. The number of hydrazone groups is 1. The van der Waals surface area contributed by atoms with Crippen LogP contribution in [0.25, 0.3) is 5.69 Å². The van der Waals surface area contributed by atoms with Crippen molar-refractivity contribution in [3.05, 3.63) is 82.1 Å². The molecule has 3 aromatic rings. The fourth-order valence-corrected chi connectivity index (χ4v) is 2.73. The van der Waals surface area contributed by atoms with Crippen LogP contribution in [0, 0.1) is 18.6 Å². The number of amides is 1. The van der Waals surface area contributed by atoms with Gasteiger partial charge in [0.25, 0.3) is 0 Å². The third kappa shape index (κ3) is 4.57. The maximum Gasteiger partial charge on any atom is 0.244 e. The summed E-state index contributed by atoms with van der Waals surface area (Å²) in [5, 5.41) is 8.50. The second-order valence-electron chi connectivity index (χ2n) is 5.77. The second kappa shape index (κ2) is 8.09. The van der Waals surface area contributed by atoms with Gasteiger partial charge in [0.2, 0.25) is 5.91 Å². The standard InChI is InChI=1S/C19H15ClF2N4O/c1-12-17(19(20)26(25-12)16-8-6-15(22)7-9-16)11-23-24-18(27)10-13-2-4-14(21)5-3-13/h2-9,11H,10H2,1H3,(H,24,27)/b23-11-. The third-order valence-corrected chi connectivity index (χ3v) is 4.14. The number of halogens is 3. The van der Waals surface area contributed by atoms with E-state index in [1.54, 1.807) is 19.1 Å². The molecule has 0 aliphatic heterocycles. The summed E-state index contributed by atoms with van der Waals surface area (Å²) in [6.07, 6.45) is 1.46. The summed E-state index contributed by atoms with van der Waals surface area (Å²) < 4.78 is 27.4. The minimum absolute atomic E-state index is 0.0686. The molecular formula is C19H15ClF2N4O. The number of aryl methyl sites for hydroxylation is 1. The molecule has 0 spiro atoms. The van der Waals surface area contributed by atoms with Crippen molar-refractivity contribution >= 4 is 23.7 Å². The number of nitrogens with zero attached hydrogens (tertiary/aromatic N) is 3. The Labute approximate surface area is 159 Å². The van der Waals surface area contributed by atoms with E-state index in [0.29, 0.717) is 22.5 Å². The largest absolute Gasteiger partial charge is 0.273 e. The van der Waals surface area contributed by atoms with E-state index in [2.05, 4.69) is 15.6 Å². The van der Waals surface area contributed by atoms with E-state index in [4.69, 9.17) is 11.6 Å². The number of hydrogen-bond acceptors (Lipinski definition) is 3. The lowest BCUT2D eigenvalue weighted by Gasteiger charge is -2.02. The molecule has 3 rings (SSSR count). The lowest BCUT2D eigenvalue weighted by atomic mass is 10.1. The van der Waals surface area contributed by atoms with Gasteiger partial charge in [-0.1, -0.05) is 23.7 Å². The van der Waals surface area contributed by atoms with Crippen LogP contribution in [-0.4, -0.2) is 21.9 Å². The van der Waals surface area contributed by atoms with Crippen LogP contribution in [0.3, 0.4) is 0 Å². The summed E-state index contributed by atoms with van der Waals surface area (Å²) in [6, 6.07) is 11.4. The molecule has 2 aromatic carbocycles. The molecule has 0 fully saturated rings.